The number of allylic oxidation sites excluding steroid dienone is 2. The molecule has 26 heavy (non-hydrogen) atoms. The molecule has 0 N–H and O–H groups in total. The zero-order valence-electron chi connectivity index (χ0n) is 14.0. The van der Waals surface area contributed by atoms with E-state index in [0.29, 0.717) is 15.8 Å². The van der Waals surface area contributed by atoms with E-state index in [1.807, 2.05) is 66.7 Å². The van der Waals surface area contributed by atoms with Gasteiger partial charge in [-0.2, -0.15) is 0 Å². The molecule has 2 aromatic carbocycles. The SMILES string of the molecule is COc1ccc(CN2C(=O)/C(=C\C(Br)=C\c3ccccc3)SC2=S)cc1. The highest BCUT2D eigenvalue weighted by molar-refractivity contribution is 9.12. The summed E-state index contributed by atoms with van der Waals surface area (Å²) in [5, 5.41) is 0. The van der Waals surface area contributed by atoms with Gasteiger partial charge in [0, 0.05) is 4.48 Å². The van der Waals surface area contributed by atoms with Gasteiger partial charge in [0.1, 0.15) is 10.1 Å². The molecular formula is C20H16BrNO2S2. The molecule has 1 aliphatic rings. The van der Waals surface area contributed by atoms with Crippen LogP contribution in [0.4, 0.5) is 0 Å². The molecule has 0 unspecified atom stereocenters. The molecule has 1 aliphatic heterocycles. The van der Waals surface area contributed by atoms with Gasteiger partial charge >= 0.3 is 0 Å². The zero-order valence-corrected chi connectivity index (χ0v) is 17.2. The first-order valence-electron chi connectivity index (χ1n) is 7.87. The molecule has 0 bridgehead atoms. The Morgan fingerprint density at radius 3 is 2.54 bits per heavy atom. The fourth-order valence-corrected chi connectivity index (χ4v) is 4.32. The first-order valence-corrected chi connectivity index (χ1v) is 9.89. The van der Waals surface area contributed by atoms with Crippen LogP contribution >= 0.6 is 39.9 Å². The van der Waals surface area contributed by atoms with Crippen LogP contribution in [0, 0.1) is 0 Å². The number of amides is 1. The number of methoxy groups -OCH3 is 1. The first kappa shape index (κ1) is 18.9. The second-order valence-corrected chi connectivity index (χ2v) is 8.15. The van der Waals surface area contributed by atoms with Gasteiger partial charge < -0.3 is 4.74 Å². The van der Waals surface area contributed by atoms with E-state index < -0.39 is 0 Å². The van der Waals surface area contributed by atoms with Crippen molar-refractivity contribution in [3.63, 3.8) is 0 Å². The minimum atomic E-state index is -0.0748. The molecule has 0 spiro atoms. The average Bonchev–Trinajstić information content (AvgIpc) is 2.90. The fourth-order valence-electron chi connectivity index (χ4n) is 2.43. The van der Waals surface area contributed by atoms with E-state index in [1.54, 1.807) is 12.0 Å². The van der Waals surface area contributed by atoms with Gasteiger partial charge in [0.25, 0.3) is 5.91 Å². The molecule has 0 radical (unpaired) electrons. The second-order valence-electron chi connectivity index (χ2n) is 5.56. The lowest BCUT2D eigenvalue weighted by Crippen LogP contribution is -2.27. The predicted octanol–water partition coefficient (Wildman–Crippen LogP) is 5.38. The number of carbonyl (C=O) groups is 1. The molecule has 0 aliphatic carbocycles. The highest BCUT2D eigenvalue weighted by Crippen LogP contribution is 2.34. The lowest BCUT2D eigenvalue weighted by atomic mass is 10.2. The number of thioether (sulfide) groups is 1. The largest absolute Gasteiger partial charge is 0.497 e. The van der Waals surface area contributed by atoms with E-state index in [2.05, 4.69) is 15.9 Å². The molecule has 0 atom stereocenters. The molecule has 1 fully saturated rings. The Morgan fingerprint density at radius 1 is 1.19 bits per heavy atom. The van der Waals surface area contributed by atoms with E-state index in [1.165, 1.54) is 11.8 Å². The molecule has 2 aromatic rings. The van der Waals surface area contributed by atoms with Crippen molar-refractivity contribution in [2.24, 2.45) is 0 Å². The fraction of sp³-hybridized carbons (Fsp3) is 0.100. The van der Waals surface area contributed by atoms with Crippen molar-refractivity contribution < 1.29 is 9.53 Å². The van der Waals surface area contributed by atoms with Crippen LogP contribution in [0.15, 0.2) is 70.1 Å². The predicted molar refractivity (Wildman–Crippen MR) is 115 cm³/mol. The number of rotatable bonds is 5. The van der Waals surface area contributed by atoms with Crippen molar-refractivity contribution in [1.82, 2.24) is 4.90 Å². The summed E-state index contributed by atoms with van der Waals surface area (Å²) in [7, 11) is 1.63. The van der Waals surface area contributed by atoms with Crippen molar-refractivity contribution in [1.29, 1.82) is 0 Å². The first-order chi connectivity index (χ1) is 12.6. The molecule has 0 saturated carbocycles. The highest BCUT2D eigenvalue weighted by atomic mass is 79.9. The maximum atomic E-state index is 12.7. The average molecular weight is 446 g/mol. The van der Waals surface area contributed by atoms with Crippen LogP contribution in [0.1, 0.15) is 11.1 Å². The van der Waals surface area contributed by atoms with Crippen molar-refractivity contribution in [3.8, 4) is 5.75 Å². The van der Waals surface area contributed by atoms with Gasteiger partial charge in [0.05, 0.1) is 18.6 Å². The van der Waals surface area contributed by atoms with Gasteiger partial charge in [0.2, 0.25) is 0 Å². The molecule has 6 heteroatoms. The molecular weight excluding hydrogens is 430 g/mol. The number of halogens is 1. The van der Waals surface area contributed by atoms with Gasteiger partial charge in [0.15, 0.2) is 0 Å². The van der Waals surface area contributed by atoms with Crippen LogP contribution in [0.25, 0.3) is 6.08 Å². The molecule has 132 valence electrons. The van der Waals surface area contributed by atoms with Crippen molar-refractivity contribution in [3.05, 3.63) is 81.2 Å². The van der Waals surface area contributed by atoms with Crippen LogP contribution in [0.5, 0.6) is 5.75 Å². The molecule has 1 amide bonds. The Labute approximate surface area is 170 Å². The summed E-state index contributed by atoms with van der Waals surface area (Å²) in [4.78, 5) is 14.9. The van der Waals surface area contributed by atoms with E-state index in [4.69, 9.17) is 17.0 Å². The van der Waals surface area contributed by atoms with E-state index >= 15 is 0 Å². The number of hydrogen-bond acceptors (Lipinski definition) is 4. The molecule has 3 rings (SSSR count). The quantitative estimate of drug-likeness (QED) is 0.456. The van der Waals surface area contributed by atoms with E-state index in [9.17, 15) is 4.79 Å². The number of ether oxygens (including phenoxy) is 1. The third kappa shape index (κ3) is 4.63. The van der Waals surface area contributed by atoms with Crippen LogP contribution in [-0.4, -0.2) is 22.2 Å². The van der Waals surface area contributed by atoms with Crippen molar-refractivity contribution >= 4 is 56.2 Å². The van der Waals surface area contributed by atoms with Crippen LogP contribution in [0.3, 0.4) is 0 Å². The molecule has 0 aromatic heterocycles. The van der Waals surface area contributed by atoms with Gasteiger partial charge in [-0.1, -0.05) is 82.4 Å². The number of carbonyl (C=O) groups excluding carboxylic acids is 1. The summed E-state index contributed by atoms with van der Waals surface area (Å²) in [6.45, 7) is 0.450. The Balaban J connectivity index is 1.74. The summed E-state index contributed by atoms with van der Waals surface area (Å²) in [6, 6.07) is 17.5. The zero-order chi connectivity index (χ0) is 18.5. The smallest absolute Gasteiger partial charge is 0.266 e. The Bertz CT molecular complexity index is 876. The van der Waals surface area contributed by atoms with Gasteiger partial charge in [-0.3, -0.25) is 9.69 Å². The lowest BCUT2D eigenvalue weighted by Gasteiger charge is -2.14. The minimum Gasteiger partial charge on any atom is -0.497 e. The number of thiocarbonyl (C=S) groups is 1. The summed E-state index contributed by atoms with van der Waals surface area (Å²) in [6.07, 6.45) is 3.79. The topological polar surface area (TPSA) is 29.5 Å². The van der Waals surface area contributed by atoms with Gasteiger partial charge in [-0.25, -0.2) is 0 Å². The van der Waals surface area contributed by atoms with Gasteiger partial charge in [-0.15, -0.1) is 0 Å². The maximum absolute atomic E-state index is 12.7. The van der Waals surface area contributed by atoms with Crippen LogP contribution < -0.4 is 4.74 Å². The summed E-state index contributed by atoms with van der Waals surface area (Å²) in [5.41, 5.74) is 2.06. The molecule has 1 heterocycles. The van der Waals surface area contributed by atoms with Crippen LogP contribution in [0.2, 0.25) is 0 Å². The summed E-state index contributed by atoms with van der Waals surface area (Å²) in [5.74, 6) is 0.711. The standard InChI is InChI=1S/C20H16BrNO2S2/c1-24-17-9-7-15(8-10-17)13-22-19(23)18(26-20(22)25)12-16(21)11-14-5-3-2-4-6-14/h2-12H,13H2,1H3/b16-11-,18-12+. The van der Waals surface area contributed by atoms with E-state index in [0.717, 1.165) is 21.4 Å². The van der Waals surface area contributed by atoms with Crippen LogP contribution in [-0.2, 0) is 11.3 Å². The Hall–Kier alpha value is -1.89. The second kappa shape index (κ2) is 8.66. The third-order valence-corrected chi connectivity index (χ3v) is 5.58. The Kier molecular flexibility index (Phi) is 6.29. The normalized spacial score (nSPS) is 16.5. The molecule has 1 saturated heterocycles. The minimum absolute atomic E-state index is 0.0748. The number of benzene rings is 2. The van der Waals surface area contributed by atoms with Crippen molar-refractivity contribution in [2.75, 3.05) is 7.11 Å². The third-order valence-electron chi connectivity index (χ3n) is 3.75. The van der Waals surface area contributed by atoms with E-state index in [-0.39, 0.29) is 5.91 Å². The molecule has 3 nitrogen and oxygen atoms in total. The highest BCUT2D eigenvalue weighted by Gasteiger charge is 2.32. The summed E-state index contributed by atoms with van der Waals surface area (Å²) < 4.78 is 6.55. The monoisotopic (exact) mass is 445 g/mol. The summed E-state index contributed by atoms with van der Waals surface area (Å²) >= 11 is 10.2. The number of nitrogens with zero attached hydrogens (tertiary/aromatic N) is 1. The number of hydrogen-bond donors (Lipinski definition) is 0. The maximum Gasteiger partial charge on any atom is 0.266 e. The van der Waals surface area contributed by atoms with Crippen molar-refractivity contribution in [2.45, 2.75) is 6.54 Å². The lowest BCUT2D eigenvalue weighted by molar-refractivity contribution is -0.122. The van der Waals surface area contributed by atoms with Gasteiger partial charge in [-0.05, 0) is 35.4 Å². The Morgan fingerprint density at radius 2 is 1.88 bits per heavy atom.